The van der Waals surface area contributed by atoms with Crippen LogP contribution in [0.4, 0.5) is 5.69 Å². The number of nitrogens with one attached hydrogen (secondary N) is 2. The average Bonchev–Trinajstić information content (AvgIpc) is 2.42. The number of pyridine rings is 1. The Balaban J connectivity index is 2.32. The fraction of sp³-hybridized carbons (Fsp3) is 0.143. The van der Waals surface area contributed by atoms with E-state index in [1.165, 1.54) is 25.4 Å². The minimum Gasteiger partial charge on any atom is -0.495 e. The zero-order valence-corrected chi connectivity index (χ0v) is 12.6. The fourth-order valence-corrected chi connectivity index (χ4v) is 2.32. The van der Waals surface area contributed by atoms with E-state index in [9.17, 15) is 9.59 Å². The van der Waals surface area contributed by atoms with Gasteiger partial charge in [-0.25, -0.2) is 0 Å². The minimum atomic E-state index is -0.315. The van der Waals surface area contributed by atoms with Gasteiger partial charge in [0.1, 0.15) is 5.75 Å². The molecule has 1 aromatic heterocycles. The number of methoxy groups -OCH3 is 1. The highest BCUT2D eigenvalue weighted by Crippen LogP contribution is 2.32. The summed E-state index contributed by atoms with van der Waals surface area (Å²) in [5.74, 6) is 0.250. The largest absolute Gasteiger partial charge is 0.495 e. The van der Waals surface area contributed by atoms with Crippen LogP contribution in [0.15, 0.2) is 39.7 Å². The number of halogens is 1. The number of aromatic amines is 1. The van der Waals surface area contributed by atoms with Gasteiger partial charge in [-0.15, -0.1) is 0 Å². The molecule has 0 bridgehead atoms. The SMILES string of the molecule is COc1cc(Br)cc(C)c1NC(=O)c1ccc(=O)[nH]c1. The van der Waals surface area contributed by atoms with Gasteiger partial charge in [0.2, 0.25) is 5.56 Å². The van der Waals surface area contributed by atoms with Gasteiger partial charge >= 0.3 is 0 Å². The summed E-state index contributed by atoms with van der Waals surface area (Å²) in [6.07, 6.45) is 1.37. The first-order valence-electron chi connectivity index (χ1n) is 5.85. The molecule has 2 aromatic rings. The molecule has 5 nitrogen and oxygen atoms in total. The van der Waals surface area contributed by atoms with E-state index >= 15 is 0 Å². The Morgan fingerprint density at radius 3 is 2.70 bits per heavy atom. The topological polar surface area (TPSA) is 71.2 Å². The van der Waals surface area contributed by atoms with E-state index in [2.05, 4.69) is 26.2 Å². The number of rotatable bonds is 3. The number of H-pyrrole nitrogens is 1. The van der Waals surface area contributed by atoms with Gasteiger partial charge < -0.3 is 15.0 Å². The third-order valence-corrected chi connectivity index (χ3v) is 3.23. The van der Waals surface area contributed by atoms with Gasteiger partial charge in [-0.3, -0.25) is 9.59 Å². The molecule has 0 fully saturated rings. The van der Waals surface area contributed by atoms with Crippen molar-refractivity contribution >= 4 is 27.5 Å². The van der Waals surface area contributed by atoms with Crippen LogP contribution in [-0.4, -0.2) is 18.0 Å². The Bertz CT molecular complexity index is 690. The van der Waals surface area contributed by atoms with Crippen LogP contribution in [-0.2, 0) is 0 Å². The fourth-order valence-electron chi connectivity index (χ4n) is 1.77. The van der Waals surface area contributed by atoms with Gasteiger partial charge in [-0.2, -0.15) is 0 Å². The lowest BCUT2D eigenvalue weighted by Crippen LogP contribution is -2.15. The Kier molecular flexibility index (Phi) is 4.24. The summed E-state index contributed by atoms with van der Waals surface area (Å²) < 4.78 is 6.13. The van der Waals surface area contributed by atoms with E-state index in [4.69, 9.17) is 4.74 Å². The highest BCUT2D eigenvalue weighted by molar-refractivity contribution is 9.10. The molecule has 0 aliphatic carbocycles. The van der Waals surface area contributed by atoms with Gasteiger partial charge in [0.15, 0.2) is 0 Å². The lowest BCUT2D eigenvalue weighted by atomic mass is 10.1. The van der Waals surface area contributed by atoms with Gasteiger partial charge in [-0.1, -0.05) is 15.9 Å². The molecule has 1 heterocycles. The van der Waals surface area contributed by atoms with Crippen LogP contribution in [0.1, 0.15) is 15.9 Å². The van der Waals surface area contributed by atoms with Crippen LogP contribution in [0.25, 0.3) is 0 Å². The molecule has 20 heavy (non-hydrogen) atoms. The van der Waals surface area contributed by atoms with Crippen molar-refractivity contribution in [3.8, 4) is 5.75 Å². The number of benzene rings is 1. The zero-order valence-electron chi connectivity index (χ0n) is 11.0. The third kappa shape index (κ3) is 3.08. The quantitative estimate of drug-likeness (QED) is 0.905. The molecule has 0 unspecified atom stereocenters. The van der Waals surface area contributed by atoms with E-state index in [1.54, 1.807) is 6.07 Å². The van der Waals surface area contributed by atoms with E-state index in [1.807, 2.05) is 13.0 Å². The first-order chi connectivity index (χ1) is 9.51. The van der Waals surface area contributed by atoms with Crippen LogP contribution >= 0.6 is 15.9 Å². The van der Waals surface area contributed by atoms with E-state index in [0.29, 0.717) is 17.0 Å². The summed E-state index contributed by atoms with van der Waals surface area (Å²) in [6.45, 7) is 1.87. The second-order valence-corrected chi connectivity index (χ2v) is 5.11. The Morgan fingerprint density at radius 1 is 1.35 bits per heavy atom. The molecule has 0 radical (unpaired) electrons. The summed E-state index contributed by atoms with van der Waals surface area (Å²) in [7, 11) is 1.54. The number of aromatic nitrogens is 1. The summed E-state index contributed by atoms with van der Waals surface area (Å²) >= 11 is 3.37. The molecule has 0 saturated carbocycles. The Morgan fingerprint density at radius 2 is 2.10 bits per heavy atom. The second kappa shape index (κ2) is 5.92. The Hall–Kier alpha value is -2.08. The number of ether oxygens (including phenoxy) is 1. The normalized spacial score (nSPS) is 10.2. The molecule has 0 aliphatic rings. The van der Waals surface area contributed by atoms with Gasteiger partial charge in [-0.05, 0) is 30.7 Å². The van der Waals surface area contributed by atoms with Gasteiger partial charge in [0.05, 0.1) is 18.4 Å². The first kappa shape index (κ1) is 14.3. The second-order valence-electron chi connectivity index (χ2n) is 4.20. The number of carbonyl (C=O) groups excluding carboxylic acids is 1. The van der Waals surface area contributed by atoms with E-state index in [-0.39, 0.29) is 11.5 Å². The number of aryl methyl sites for hydroxylation is 1. The van der Waals surface area contributed by atoms with Crippen LogP contribution in [0.2, 0.25) is 0 Å². The van der Waals surface area contributed by atoms with Crippen LogP contribution < -0.4 is 15.6 Å². The van der Waals surface area contributed by atoms with Crippen LogP contribution in [0.5, 0.6) is 5.75 Å². The average molecular weight is 337 g/mol. The molecule has 0 aliphatic heterocycles. The number of hydrogen-bond acceptors (Lipinski definition) is 3. The molecule has 0 saturated heterocycles. The monoisotopic (exact) mass is 336 g/mol. The lowest BCUT2D eigenvalue weighted by Gasteiger charge is -2.13. The highest BCUT2D eigenvalue weighted by Gasteiger charge is 2.13. The van der Waals surface area contributed by atoms with Crippen molar-refractivity contribution in [2.75, 3.05) is 12.4 Å². The molecule has 2 N–H and O–H groups in total. The maximum atomic E-state index is 12.1. The summed E-state index contributed by atoms with van der Waals surface area (Å²) in [5, 5.41) is 2.79. The van der Waals surface area contributed by atoms with Crippen molar-refractivity contribution in [1.29, 1.82) is 0 Å². The maximum absolute atomic E-state index is 12.1. The molecule has 0 atom stereocenters. The smallest absolute Gasteiger partial charge is 0.257 e. The van der Waals surface area contributed by atoms with Crippen molar-refractivity contribution in [3.63, 3.8) is 0 Å². The van der Waals surface area contributed by atoms with Crippen molar-refractivity contribution in [2.24, 2.45) is 0 Å². The third-order valence-electron chi connectivity index (χ3n) is 2.77. The van der Waals surface area contributed by atoms with Crippen molar-refractivity contribution in [3.05, 3.63) is 56.4 Å². The van der Waals surface area contributed by atoms with Crippen molar-refractivity contribution < 1.29 is 9.53 Å². The molecule has 6 heteroatoms. The highest BCUT2D eigenvalue weighted by atomic mass is 79.9. The molecule has 2 rings (SSSR count). The van der Waals surface area contributed by atoms with E-state index in [0.717, 1.165) is 10.0 Å². The number of amides is 1. The van der Waals surface area contributed by atoms with Gasteiger partial charge in [0, 0.05) is 16.7 Å². The molecule has 0 spiro atoms. The number of hydrogen-bond donors (Lipinski definition) is 2. The number of carbonyl (C=O) groups is 1. The van der Waals surface area contributed by atoms with Crippen molar-refractivity contribution in [2.45, 2.75) is 6.92 Å². The van der Waals surface area contributed by atoms with Crippen LogP contribution in [0.3, 0.4) is 0 Å². The molecule has 1 aromatic carbocycles. The standard InChI is InChI=1S/C14H13BrN2O3/c1-8-5-10(15)6-11(20-2)13(8)17-14(19)9-3-4-12(18)16-7-9/h3-7H,1-2H3,(H,16,18)(H,17,19). The van der Waals surface area contributed by atoms with E-state index < -0.39 is 0 Å². The van der Waals surface area contributed by atoms with Crippen molar-refractivity contribution in [1.82, 2.24) is 4.98 Å². The predicted molar refractivity (Wildman–Crippen MR) is 80.4 cm³/mol. The number of anilines is 1. The predicted octanol–water partition coefficient (Wildman–Crippen LogP) is 2.71. The Labute approximate surface area is 124 Å². The molecule has 1 amide bonds. The molecular weight excluding hydrogens is 324 g/mol. The summed E-state index contributed by atoms with van der Waals surface area (Å²) in [6, 6.07) is 6.43. The molecular formula is C14H13BrN2O3. The summed E-state index contributed by atoms with van der Waals surface area (Å²) in [4.78, 5) is 25.6. The first-order valence-corrected chi connectivity index (χ1v) is 6.65. The maximum Gasteiger partial charge on any atom is 0.257 e. The van der Waals surface area contributed by atoms with Crippen LogP contribution in [0, 0.1) is 6.92 Å². The zero-order chi connectivity index (χ0) is 14.7. The lowest BCUT2D eigenvalue weighted by molar-refractivity contribution is 0.102. The summed E-state index contributed by atoms with van der Waals surface area (Å²) in [5.41, 5.74) is 1.59. The molecule has 104 valence electrons. The van der Waals surface area contributed by atoms with Gasteiger partial charge in [0.25, 0.3) is 5.91 Å². The minimum absolute atomic E-state index is 0.251.